The van der Waals surface area contributed by atoms with E-state index in [1.165, 1.54) is 0 Å². The molecule has 66 heavy (non-hydrogen) atoms. The molecule has 0 saturated heterocycles. The van der Waals surface area contributed by atoms with Gasteiger partial charge in [0.25, 0.3) is 0 Å². The van der Waals surface area contributed by atoms with Crippen LogP contribution in [-0.2, 0) is 50.9 Å². The van der Waals surface area contributed by atoms with Crippen LogP contribution in [0.15, 0.2) is 53.5 Å². The number of nitrogens with one attached hydrogen (secondary N) is 3. The number of rotatable bonds is 33. The van der Waals surface area contributed by atoms with E-state index in [1.54, 1.807) is 27.8 Å². The Labute approximate surface area is 442 Å². The number of hydrogen-bond donors (Lipinski definition) is 4. The van der Waals surface area contributed by atoms with Gasteiger partial charge < -0.3 is 63.1 Å². The van der Waals surface area contributed by atoms with Gasteiger partial charge in [-0.05, 0) is 172 Å². The molecular weight excluding hydrogens is 1310 g/mol. The summed E-state index contributed by atoms with van der Waals surface area (Å²) in [6.45, 7) is 14.3. The number of alkyl carbamates (subject to hydrolysis) is 1. The Balaban J connectivity index is 1.05. The second kappa shape index (κ2) is 34.2. The zero-order chi connectivity index (χ0) is 48.0. The normalized spacial score (nSPS) is 11.7. The number of benzene rings is 3. The first-order valence-corrected chi connectivity index (χ1v) is 25.6. The van der Waals surface area contributed by atoms with Crippen molar-refractivity contribution in [3.05, 3.63) is 73.9 Å². The molecule has 3 rings (SSSR count). The molecule has 0 aliphatic rings. The third-order valence-corrected chi connectivity index (χ3v) is 11.6. The Kier molecular flexibility index (Phi) is 30.2. The van der Waals surface area contributed by atoms with E-state index in [0.29, 0.717) is 116 Å². The number of ether oxygens (including phenoxy) is 10. The molecule has 0 saturated carbocycles. The Hall–Kier alpha value is -2.09. The molecule has 0 bridgehead atoms. The van der Waals surface area contributed by atoms with Crippen LogP contribution in [0, 0.1) is 14.3 Å². The summed E-state index contributed by atoms with van der Waals surface area (Å²) in [7, 11) is 1.58. The summed E-state index contributed by atoms with van der Waals surface area (Å²) in [5, 5.41) is 18.2. The minimum atomic E-state index is -0.863. The fraction of sp³-hybridized carbons (Fsp3) is 0.533. The van der Waals surface area contributed by atoms with E-state index in [4.69, 9.17) is 52.5 Å². The number of aliphatic imine (C=N–C) groups is 1. The van der Waals surface area contributed by atoms with Crippen molar-refractivity contribution in [3.63, 3.8) is 0 Å². The molecule has 0 atom stereocenters. The number of guanidine groups is 1. The Morgan fingerprint density at radius 1 is 0.606 bits per heavy atom. The molecule has 0 radical (unpaired) electrons. The number of carbonyl (C=O) groups is 2. The van der Waals surface area contributed by atoms with Crippen LogP contribution in [-0.4, -0.2) is 141 Å². The van der Waals surface area contributed by atoms with Gasteiger partial charge in [-0.1, -0.05) is 12.1 Å². The first-order valence-electron chi connectivity index (χ1n) is 21.3. The van der Waals surface area contributed by atoms with Crippen molar-refractivity contribution in [2.45, 2.75) is 45.8 Å². The Morgan fingerprint density at radius 3 is 1.61 bits per heavy atom. The molecule has 0 aromatic heterocycles. The zero-order valence-electron chi connectivity index (χ0n) is 37.9. The molecule has 3 aromatic carbocycles. The van der Waals surface area contributed by atoms with Crippen LogP contribution in [0.25, 0.3) is 0 Å². The van der Waals surface area contributed by atoms with Crippen molar-refractivity contribution in [1.82, 2.24) is 16.0 Å². The Bertz CT molecular complexity index is 1860. The maximum atomic E-state index is 12.0. The number of carboxylic acids is 1. The van der Waals surface area contributed by atoms with Crippen LogP contribution >= 0.6 is 90.4 Å². The standard InChI is InChI=1S/C45H62I4N4O13/c1-45(2,3)66-44(56)53-43(50-4)52-31-32-6-8-34(9-7-32)63-25-24-62-23-22-61-21-20-60-19-18-59-17-16-58-15-14-57-13-11-51-10-5-12-64-41-38(48)29-35(30-39(41)49)65-42-36(46)26-33(27-37(42)47)28-40(54)55/h6-9,26-27,29-30,51H,5,10-25,28,31H2,1-4H3,(H,54,55)(H2,50,52,53,56). The molecule has 0 unspecified atom stereocenters. The highest BCUT2D eigenvalue weighted by atomic mass is 127. The van der Waals surface area contributed by atoms with E-state index in [1.807, 2.05) is 48.5 Å². The molecule has 0 aliphatic heterocycles. The number of hydrogen-bond acceptors (Lipinski definition) is 14. The van der Waals surface area contributed by atoms with Gasteiger partial charge in [-0.25, -0.2) is 4.79 Å². The molecule has 368 valence electrons. The average molecular weight is 1370 g/mol. The van der Waals surface area contributed by atoms with Crippen molar-refractivity contribution < 1.29 is 62.1 Å². The van der Waals surface area contributed by atoms with Gasteiger partial charge in [0.15, 0.2) is 5.75 Å². The zero-order valence-corrected chi connectivity index (χ0v) is 46.5. The number of halogens is 4. The van der Waals surface area contributed by atoms with Crippen molar-refractivity contribution in [3.8, 4) is 23.0 Å². The third kappa shape index (κ3) is 26.6. The summed E-state index contributed by atoms with van der Waals surface area (Å²) in [6.07, 6.45) is 0.249. The summed E-state index contributed by atoms with van der Waals surface area (Å²) < 4.78 is 60.4. The second-order valence-corrected chi connectivity index (χ2v) is 19.6. The predicted molar refractivity (Wildman–Crippen MR) is 285 cm³/mol. The lowest BCUT2D eigenvalue weighted by molar-refractivity contribution is -0.136. The molecule has 0 fully saturated rings. The van der Waals surface area contributed by atoms with Gasteiger partial charge in [-0.2, -0.15) is 0 Å². The number of carboxylic acid groups (broad SMARTS) is 1. The van der Waals surface area contributed by atoms with Gasteiger partial charge >= 0.3 is 12.1 Å². The summed E-state index contributed by atoms with van der Waals surface area (Å²) >= 11 is 8.87. The molecule has 0 aliphatic carbocycles. The van der Waals surface area contributed by atoms with E-state index in [2.05, 4.69) is 111 Å². The van der Waals surface area contributed by atoms with Crippen molar-refractivity contribution in [2.75, 3.05) is 113 Å². The molecule has 1 amide bonds. The number of aliphatic carboxylic acids is 1. The SMILES string of the molecule is C/N=C(/NCc1ccc(OCCOCCOCCOCCOCCOCCOCCNCCCOc2c(I)cc(Oc3c(I)cc(CC(=O)O)cc3I)cc2I)cc1)NC(=O)OC(C)(C)C. The quantitative estimate of drug-likeness (QED) is 0.0201. The highest BCUT2D eigenvalue weighted by Crippen LogP contribution is 2.37. The fourth-order valence-corrected chi connectivity index (χ4v) is 9.51. The number of carbonyl (C=O) groups excluding carboxylic acids is 1. The molecule has 0 spiro atoms. The number of amides is 1. The van der Waals surface area contributed by atoms with Gasteiger partial charge in [-0.15, -0.1) is 0 Å². The van der Waals surface area contributed by atoms with Gasteiger partial charge in [0.1, 0.15) is 29.5 Å². The second-order valence-electron chi connectivity index (χ2n) is 14.9. The lowest BCUT2D eigenvalue weighted by atomic mass is 10.1. The van der Waals surface area contributed by atoms with Crippen LogP contribution in [0.4, 0.5) is 4.79 Å². The average Bonchev–Trinajstić information content (AvgIpc) is 3.25. The lowest BCUT2D eigenvalue weighted by Crippen LogP contribution is -2.43. The predicted octanol–water partition coefficient (Wildman–Crippen LogP) is 7.66. The Morgan fingerprint density at radius 2 is 1.11 bits per heavy atom. The first-order chi connectivity index (χ1) is 31.7. The monoisotopic (exact) mass is 1370 g/mol. The first kappa shape index (κ1) is 58.2. The van der Waals surface area contributed by atoms with Crippen LogP contribution < -0.4 is 30.2 Å². The smallest absolute Gasteiger partial charge is 0.414 e. The van der Waals surface area contributed by atoms with E-state index < -0.39 is 17.7 Å². The minimum absolute atomic E-state index is 0.0269. The van der Waals surface area contributed by atoms with Gasteiger partial charge in [0.05, 0.1) is 107 Å². The number of nitrogens with zero attached hydrogens (tertiary/aromatic N) is 1. The van der Waals surface area contributed by atoms with E-state index >= 15 is 0 Å². The van der Waals surface area contributed by atoms with E-state index in [9.17, 15) is 9.59 Å². The summed E-state index contributed by atoms with van der Waals surface area (Å²) in [5.74, 6) is 2.42. The maximum Gasteiger partial charge on any atom is 0.414 e. The molecule has 0 heterocycles. The topological polar surface area (TPSA) is 195 Å². The highest BCUT2D eigenvalue weighted by Gasteiger charge is 2.18. The molecule has 21 heteroatoms. The van der Waals surface area contributed by atoms with Gasteiger partial charge in [0, 0.05) is 20.1 Å². The van der Waals surface area contributed by atoms with Crippen LogP contribution in [0.2, 0.25) is 0 Å². The van der Waals surface area contributed by atoms with Crippen molar-refractivity contribution in [2.24, 2.45) is 4.99 Å². The highest BCUT2D eigenvalue weighted by molar-refractivity contribution is 14.1. The maximum absolute atomic E-state index is 12.0. The van der Waals surface area contributed by atoms with Crippen LogP contribution in [0.3, 0.4) is 0 Å². The lowest BCUT2D eigenvalue weighted by Gasteiger charge is -2.20. The van der Waals surface area contributed by atoms with E-state index in [-0.39, 0.29) is 6.42 Å². The molecule has 3 aromatic rings. The summed E-state index contributed by atoms with van der Waals surface area (Å²) in [5.41, 5.74) is 1.14. The third-order valence-electron chi connectivity index (χ3n) is 8.36. The molecular formula is C45H62I4N4O13. The van der Waals surface area contributed by atoms with Crippen LogP contribution in [0.1, 0.15) is 38.3 Å². The fourth-order valence-electron chi connectivity index (χ4n) is 5.37. The summed E-state index contributed by atoms with van der Waals surface area (Å²) in [6, 6.07) is 15.2. The van der Waals surface area contributed by atoms with Crippen molar-refractivity contribution in [1.29, 1.82) is 0 Å². The largest absolute Gasteiger partial charge is 0.491 e. The van der Waals surface area contributed by atoms with Gasteiger partial charge in [0.2, 0.25) is 5.96 Å². The van der Waals surface area contributed by atoms with Crippen molar-refractivity contribution >= 4 is 108 Å². The van der Waals surface area contributed by atoms with Crippen LogP contribution in [0.5, 0.6) is 23.0 Å². The molecule has 17 nitrogen and oxygen atoms in total. The minimum Gasteiger partial charge on any atom is -0.491 e. The molecule has 4 N–H and O–H groups in total. The summed E-state index contributed by atoms with van der Waals surface area (Å²) in [4.78, 5) is 27.1. The van der Waals surface area contributed by atoms with Gasteiger partial charge in [-0.3, -0.25) is 15.1 Å². The van der Waals surface area contributed by atoms with E-state index in [0.717, 1.165) is 56.4 Å².